The Balaban J connectivity index is 2.05. The van der Waals surface area contributed by atoms with Crippen LogP contribution in [-0.2, 0) is 0 Å². The molecule has 2 aliphatic rings. The van der Waals surface area contributed by atoms with E-state index in [1.54, 1.807) is 18.2 Å². The van der Waals surface area contributed by atoms with Crippen molar-refractivity contribution in [3.8, 4) is 18.0 Å². The minimum absolute atomic E-state index is 0.434. The Bertz CT molecular complexity index is 821. The molecule has 0 unspecified atom stereocenters. The number of aliphatic hydroxyl groups is 1. The molecular weight excluding hydrogens is 342 g/mol. The van der Waals surface area contributed by atoms with Crippen molar-refractivity contribution in [2.24, 2.45) is 4.99 Å². The first kappa shape index (κ1) is 19.0. The van der Waals surface area contributed by atoms with Gasteiger partial charge in [0.1, 0.15) is 17.5 Å². The van der Waals surface area contributed by atoms with Gasteiger partial charge >= 0.3 is 0 Å². The maximum Gasteiger partial charge on any atom is 0.213 e. The minimum atomic E-state index is -0.839. The van der Waals surface area contributed by atoms with Crippen LogP contribution in [0, 0.1) is 22.8 Å². The van der Waals surface area contributed by atoms with Crippen molar-refractivity contribution in [2.75, 3.05) is 19.6 Å². The third-order valence-corrected chi connectivity index (χ3v) is 5.26. The summed E-state index contributed by atoms with van der Waals surface area (Å²) in [4.78, 5) is 8.14. The third-order valence-electron chi connectivity index (χ3n) is 5.26. The molecule has 1 fully saturated rings. The molecule has 0 aromatic heterocycles. The van der Waals surface area contributed by atoms with Gasteiger partial charge in [0, 0.05) is 25.2 Å². The predicted molar refractivity (Wildman–Crippen MR) is 101 cm³/mol. The molecule has 1 saturated heterocycles. The number of rotatable bonds is 4. The molecule has 7 heteroatoms. The van der Waals surface area contributed by atoms with E-state index >= 15 is 0 Å². The summed E-state index contributed by atoms with van der Waals surface area (Å²) in [6.45, 7) is 8.03. The number of hydrogen-bond donors (Lipinski definition) is 1. The number of unbranched alkanes of at least 4 members (excludes halogenated alkanes) is 1. The molecule has 7 nitrogen and oxygen atoms in total. The molecule has 3 rings (SSSR count). The van der Waals surface area contributed by atoms with E-state index in [4.69, 9.17) is 4.74 Å². The first-order chi connectivity index (χ1) is 12.9. The zero-order valence-corrected chi connectivity index (χ0v) is 16.0. The van der Waals surface area contributed by atoms with Crippen LogP contribution in [0.4, 0.5) is 0 Å². The van der Waals surface area contributed by atoms with Crippen LogP contribution in [0.3, 0.4) is 0 Å². The molecule has 2 atom stereocenters. The second-order valence-electron chi connectivity index (χ2n) is 7.51. The molecule has 1 aromatic carbocycles. The molecule has 0 saturated carbocycles. The Labute approximate surface area is 160 Å². The number of guanidine groups is 1. The van der Waals surface area contributed by atoms with E-state index in [1.165, 1.54) is 0 Å². The van der Waals surface area contributed by atoms with Crippen molar-refractivity contribution in [3.05, 3.63) is 29.3 Å². The molecule has 0 bridgehead atoms. The summed E-state index contributed by atoms with van der Waals surface area (Å²) in [5.41, 5.74) is 0.458. The number of aliphatic imine (C=N–C) groups is 1. The lowest BCUT2D eigenvalue weighted by molar-refractivity contribution is -0.0801. The van der Waals surface area contributed by atoms with Gasteiger partial charge in [0.05, 0.1) is 17.7 Å². The standard InChI is InChI=1S/C20H25N5O2/c1-4-5-8-24-9-10-25(19(24)23-13-22)17-15-11-14(12-21)6-7-16(15)27-20(2,3)18(17)26/h6-7,11,17-18,26H,4-5,8-10H2,1-3H3/t17-,18+/m1/s1. The van der Waals surface area contributed by atoms with Gasteiger partial charge in [-0.25, -0.2) is 0 Å². The fraction of sp³-hybridized carbons (Fsp3) is 0.550. The number of nitriles is 2. The summed E-state index contributed by atoms with van der Waals surface area (Å²) < 4.78 is 6.00. The zero-order chi connectivity index (χ0) is 19.6. The Kier molecular flexibility index (Phi) is 5.25. The SMILES string of the molecule is CCCCN1CCN([C@@H]2c3cc(C#N)ccc3OC(C)(C)[C@H]2O)C1=NC#N. The Morgan fingerprint density at radius 2 is 2.11 bits per heavy atom. The average Bonchev–Trinajstić information content (AvgIpc) is 3.03. The van der Waals surface area contributed by atoms with E-state index in [2.05, 4.69) is 22.9 Å². The van der Waals surface area contributed by atoms with Crippen LogP contribution in [0.1, 0.15) is 50.8 Å². The zero-order valence-electron chi connectivity index (χ0n) is 16.0. The van der Waals surface area contributed by atoms with Gasteiger partial charge in [-0.3, -0.25) is 0 Å². The summed E-state index contributed by atoms with van der Waals surface area (Å²) in [5, 5.41) is 29.6. The van der Waals surface area contributed by atoms with E-state index in [9.17, 15) is 15.6 Å². The molecule has 0 radical (unpaired) electrons. The maximum absolute atomic E-state index is 11.1. The summed E-state index contributed by atoms with van der Waals surface area (Å²) in [6, 6.07) is 6.97. The largest absolute Gasteiger partial charge is 0.485 e. The lowest BCUT2D eigenvalue weighted by atomic mass is 9.85. The predicted octanol–water partition coefficient (Wildman–Crippen LogP) is 2.39. The first-order valence-corrected chi connectivity index (χ1v) is 9.32. The van der Waals surface area contributed by atoms with E-state index in [0.717, 1.165) is 31.5 Å². The second-order valence-corrected chi connectivity index (χ2v) is 7.51. The quantitative estimate of drug-likeness (QED) is 0.821. The second kappa shape index (κ2) is 7.46. The molecular formula is C20H25N5O2. The number of hydrogen-bond acceptors (Lipinski definition) is 5. The smallest absolute Gasteiger partial charge is 0.213 e. The highest BCUT2D eigenvalue weighted by Gasteiger charge is 2.48. The van der Waals surface area contributed by atoms with Crippen molar-refractivity contribution >= 4 is 5.96 Å². The van der Waals surface area contributed by atoms with Gasteiger partial charge in [-0.15, -0.1) is 4.99 Å². The molecule has 0 aliphatic carbocycles. The topological polar surface area (TPSA) is 95.9 Å². The first-order valence-electron chi connectivity index (χ1n) is 9.32. The fourth-order valence-electron chi connectivity index (χ4n) is 3.79. The molecule has 1 aromatic rings. The molecule has 1 N–H and O–H groups in total. The molecule has 2 aliphatic heterocycles. The number of benzene rings is 1. The number of aliphatic hydroxyl groups excluding tert-OH is 1. The highest BCUT2D eigenvalue weighted by molar-refractivity contribution is 5.83. The maximum atomic E-state index is 11.1. The van der Waals surface area contributed by atoms with Gasteiger partial charge in [0.2, 0.25) is 12.2 Å². The minimum Gasteiger partial charge on any atom is -0.485 e. The molecule has 0 amide bonds. The normalized spacial score (nSPS) is 24.9. The third kappa shape index (κ3) is 3.43. The van der Waals surface area contributed by atoms with E-state index in [-0.39, 0.29) is 0 Å². The van der Waals surface area contributed by atoms with Crippen LogP contribution in [0.5, 0.6) is 5.75 Å². The number of ether oxygens (including phenoxy) is 1. The number of fused-ring (bicyclic) bond motifs is 1. The fourth-order valence-corrected chi connectivity index (χ4v) is 3.79. The molecule has 142 valence electrons. The van der Waals surface area contributed by atoms with Crippen LogP contribution in [-0.4, -0.2) is 52.2 Å². The van der Waals surface area contributed by atoms with Gasteiger partial charge in [-0.2, -0.15) is 10.5 Å². The summed E-state index contributed by atoms with van der Waals surface area (Å²) in [6.07, 6.45) is 3.13. The van der Waals surface area contributed by atoms with Gasteiger partial charge in [-0.1, -0.05) is 13.3 Å². The summed E-state index contributed by atoms with van der Waals surface area (Å²) >= 11 is 0. The van der Waals surface area contributed by atoms with Crippen molar-refractivity contribution in [1.29, 1.82) is 10.5 Å². The molecule has 0 spiro atoms. The van der Waals surface area contributed by atoms with Crippen LogP contribution < -0.4 is 4.74 Å². The van der Waals surface area contributed by atoms with Crippen LogP contribution in [0.2, 0.25) is 0 Å². The van der Waals surface area contributed by atoms with Crippen LogP contribution in [0.15, 0.2) is 23.2 Å². The molecule has 27 heavy (non-hydrogen) atoms. The van der Waals surface area contributed by atoms with Crippen LogP contribution >= 0.6 is 0 Å². The van der Waals surface area contributed by atoms with Gasteiger partial charge in [0.15, 0.2) is 0 Å². The lowest BCUT2D eigenvalue weighted by Gasteiger charge is -2.45. The van der Waals surface area contributed by atoms with Gasteiger partial charge in [0.25, 0.3) is 0 Å². The van der Waals surface area contributed by atoms with Crippen molar-refractivity contribution in [1.82, 2.24) is 9.80 Å². The average molecular weight is 367 g/mol. The summed E-state index contributed by atoms with van der Waals surface area (Å²) in [7, 11) is 0. The molecule has 2 heterocycles. The van der Waals surface area contributed by atoms with Crippen molar-refractivity contribution in [2.45, 2.75) is 51.4 Å². The van der Waals surface area contributed by atoms with E-state index in [1.807, 2.05) is 24.9 Å². The van der Waals surface area contributed by atoms with E-state index in [0.29, 0.717) is 23.8 Å². The van der Waals surface area contributed by atoms with E-state index < -0.39 is 17.7 Å². The lowest BCUT2D eigenvalue weighted by Crippen LogP contribution is -2.54. The van der Waals surface area contributed by atoms with Gasteiger partial charge in [-0.05, 0) is 38.5 Å². The Hall–Kier alpha value is -2.77. The Morgan fingerprint density at radius 1 is 1.33 bits per heavy atom. The number of nitrogens with zero attached hydrogens (tertiary/aromatic N) is 5. The van der Waals surface area contributed by atoms with Crippen LogP contribution in [0.25, 0.3) is 0 Å². The summed E-state index contributed by atoms with van der Waals surface area (Å²) in [5.74, 6) is 1.23. The van der Waals surface area contributed by atoms with Crippen molar-refractivity contribution in [3.63, 3.8) is 0 Å². The highest BCUT2D eigenvalue weighted by Crippen LogP contribution is 2.44. The highest BCUT2D eigenvalue weighted by atomic mass is 16.5. The van der Waals surface area contributed by atoms with Crippen molar-refractivity contribution < 1.29 is 9.84 Å². The van der Waals surface area contributed by atoms with Gasteiger partial charge < -0.3 is 19.6 Å². The Morgan fingerprint density at radius 3 is 2.78 bits per heavy atom. The monoisotopic (exact) mass is 367 g/mol.